The van der Waals surface area contributed by atoms with Crippen LogP contribution < -0.4 is 4.74 Å². The number of nitrogens with zero attached hydrogens (tertiary/aromatic N) is 1. The Bertz CT molecular complexity index is 521. The molecule has 0 radical (unpaired) electrons. The lowest BCUT2D eigenvalue weighted by atomic mass is 10.1. The summed E-state index contributed by atoms with van der Waals surface area (Å²) >= 11 is 5.28. The lowest BCUT2D eigenvalue weighted by molar-refractivity contribution is 0.107. The first kappa shape index (κ1) is 10.7. The molecule has 0 saturated heterocycles. The second kappa shape index (κ2) is 4.37. The van der Waals surface area contributed by atoms with Gasteiger partial charge in [-0.1, -0.05) is 17.3 Å². The van der Waals surface area contributed by atoms with Gasteiger partial charge in [0.15, 0.2) is 11.5 Å². The van der Waals surface area contributed by atoms with Crippen LogP contribution in [0, 0.1) is 0 Å². The minimum Gasteiger partial charge on any atom is -0.497 e. The first-order chi connectivity index (χ1) is 7.70. The van der Waals surface area contributed by atoms with Gasteiger partial charge in [0.25, 0.3) is 5.24 Å². The van der Waals surface area contributed by atoms with Gasteiger partial charge in [-0.15, -0.1) is 0 Å². The third kappa shape index (κ3) is 2.06. The quantitative estimate of drug-likeness (QED) is 0.771. The van der Waals surface area contributed by atoms with E-state index in [1.807, 2.05) is 18.2 Å². The van der Waals surface area contributed by atoms with E-state index in [1.165, 1.54) is 6.07 Å². The van der Waals surface area contributed by atoms with Crippen molar-refractivity contribution >= 4 is 16.8 Å². The standard InChI is InChI=1S/C11H8ClNO3/c1-15-8-4-2-3-7(5-8)10-6-9(11(12)14)13-16-10/h2-6H,1H3. The normalized spacial score (nSPS) is 10.1. The predicted octanol–water partition coefficient (Wildman–Crippen LogP) is 2.73. The molecule has 4 nitrogen and oxygen atoms in total. The number of halogens is 1. The number of ether oxygens (including phenoxy) is 1. The minimum absolute atomic E-state index is 0.0967. The summed E-state index contributed by atoms with van der Waals surface area (Å²) in [5, 5.41) is 2.91. The molecule has 5 heteroatoms. The van der Waals surface area contributed by atoms with E-state index >= 15 is 0 Å². The van der Waals surface area contributed by atoms with Gasteiger partial charge in [-0.25, -0.2) is 0 Å². The van der Waals surface area contributed by atoms with Gasteiger partial charge < -0.3 is 9.26 Å². The van der Waals surface area contributed by atoms with Crippen molar-refractivity contribution in [2.45, 2.75) is 0 Å². The molecule has 0 aliphatic rings. The Morgan fingerprint density at radius 1 is 1.44 bits per heavy atom. The summed E-state index contributed by atoms with van der Waals surface area (Å²) in [5.41, 5.74) is 0.871. The number of rotatable bonds is 3. The Kier molecular flexibility index (Phi) is 2.92. The molecule has 0 aliphatic heterocycles. The number of carbonyl (C=O) groups is 1. The van der Waals surface area contributed by atoms with Crippen LogP contribution in [-0.2, 0) is 0 Å². The molecule has 0 atom stereocenters. The van der Waals surface area contributed by atoms with Crippen LogP contribution in [0.2, 0.25) is 0 Å². The molecular weight excluding hydrogens is 230 g/mol. The number of aromatic nitrogens is 1. The van der Waals surface area contributed by atoms with Gasteiger partial charge in [0, 0.05) is 11.6 Å². The predicted molar refractivity (Wildman–Crippen MR) is 58.7 cm³/mol. The molecular formula is C11H8ClNO3. The molecule has 0 spiro atoms. The van der Waals surface area contributed by atoms with E-state index in [4.69, 9.17) is 20.9 Å². The average molecular weight is 238 g/mol. The summed E-state index contributed by atoms with van der Waals surface area (Å²) in [5.74, 6) is 1.18. The number of benzene rings is 1. The fraction of sp³-hybridized carbons (Fsp3) is 0.0909. The van der Waals surface area contributed by atoms with E-state index < -0.39 is 5.24 Å². The Hall–Kier alpha value is -1.81. The second-order valence-electron chi connectivity index (χ2n) is 3.08. The third-order valence-electron chi connectivity index (χ3n) is 2.07. The third-order valence-corrected chi connectivity index (χ3v) is 2.26. The van der Waals surface area contributed by atoms with E-state index in [2.05, 4.69) is 5.16 Å². The Morgan fingerprint density at radius 3 is 2.88 bits per heavy atom. The summed E-state index contributed by atoms with van der Waals surface area (Å²) in [6.07, 6.45) is 0. The Labute approximate surface area is 96.8 Å². The molecule has 2 aromatic rings. The summed E-state index contributed by atoms with van der Waals surface area (Å²) in [6, 6.07) is 8.73. The average Bonchev–Trinajstić information content (AvgIpc) is 2.78. The zero-order valence-electron chi connectivity index (χ0n) is 8.44. The Morgan fingerprint density at radius 2 is 2.25 bits per heavy atom. The molecule has 0 fully saturated rings. The van der Waals surface area contributed by atoms with Crippen LogP contribution in [0.25, 0.3) is 11.3 Å². The van der Waals surface area contributed by atoms with Gasteiger partial charge in [-0.3, -0.25) is 4.79 Å². The van der Waals surface area contributed by atoms with Crippen LogP contribution in [-0.4, -0.2) is 17.5 Å². The van der Waals surface area contributed by atoms with Crippen molar-refractivity contribution in [3.8, 4) is 17.1 Å². The van der Waals surface area contributed by atoms with Crippen LogP contribution in [0.15, 0.2) is 34.9 Å². The molecule has 0 bridgehead atoms. The van der Waals surface area contributed by atoms with Gasteiger partial charge in [-0.2, -0.15) is 0 Å². The molecule has 16 heavy (non-hydrogen) atoms. The van der Waals surface area contributed by atoms with Gasteiger partial charge in [0.2, 0.25) is 0 Å². The summed E-state index contributed by atoms with van der Waals surface area (Å²) in [7, 11) is 1.58. The molecule has 0 N–H and O–H groups in total. The summed E-state index contributed by atoms with van der Waals surface area (Å²) in [6.45, 7) is 0. The maximum atomic E-state index is 10.8. The van der Waals surface area contributed by atoms with Crippen molar-refractivity contribution in [1.82, 2.24) is 5.16 Å². The number of methoxy groups -OCH3 is 1. The highest BCUT2D eigenvalue weighted by Gasteiger charge is 2.11. The van der Waals surface area contributed by atoms with Crippen molar-refractivity contribution < 1.29 is 14.1 Å². The molecule has 1 aromatic carbocycles. The lowest BCUT2D eigenvalue weighted by Crippen LogP contribution is -1.85. The van der Waals surface area contributed by atoms with E-state index in [0.717, 1.165) is 5.56 Å². The zero-order chi connectivity index (χ0) is 11.5. The van der Waals surface area contributed by atoms with Crippen molar-refractivity contribution in [2.75, 3.05) is 7.11 Å². The monoisotopic (exact) mass is 237 g/mol. The van der Waals surface area contributed by atoms with Gasteiger partial charge in [-0.05, 0) is 23.7 Å². The highest BCUT2D eigenvalue weighted by Crippen LogP contribution is 2.24. The first-order valence-electron chi connectivity index (χ1n) is 4.51. The largest absolute Gasteiger partial charge is 0.497 e. The van der Waals surface area contributed by atoms with E-state index in [-0.39, 0.29) is 5.69 Å². The van der Waals surface area contributed by atoms with E-state index in [1.54, 1.807) is 13.2 Å². The molecule has 0 aliphatic carbocycles. The smallest absolute Gasteiger partial charge is 0.274 e. The zero-order valence-corrected chi connectivity index (χ0v) is 9.19. The lowest BCUT2D eigenvalue weighted by Gasteiger charge is -2.00. The molecule has 0 saturated carbocycles. The van der Waals surface area contributed by atoms with Crippen LogP contribution in [0.3, 0.4) is 0 Å². The SMILES string of the molecule is COc1cccc(-c2cc(C(=O)Cl)no2)c1. The molecule has 0 unspecified atom stereocenters. The van der Waals surface area contributed by atoms with Gasteiger partial charge >= 0.3 is 0 Å². The number of hydrogen-bond acceptors (Lipinski definition) is 4. The fourth-order valence-corrected chi connectivity index (χ4v) is 1.37. The van der Waals surface area contributed by atoms with Crippen molar-refractivity contribution in [2.24, 2.45) is 0 Å². The van der Waals surface area contributed by atoms with Crippen molar-refractivity contribution in [3.63, 3.8) is 0 Å². The van der Waals surface area contributed by atoms with Crippen LogP contribution in [0.1, 0.15) is 10.5 Å². The molecule has 1 aromatic heterocycles. The van der Waals surface area contributed by atoms with E-state index in [9.17, 15) is 4.79 Å². The first-order valence-corrected chi connectivity index (χ1v) is 4.89. The number of hydrogen-bond donors (Lipinski definition) is 0. The van der Waals surface area contributed by atoms with Crippen LogP contribution in [0.5, 0.6) is 5.75 Å². The molecule has 2 rings (SSSR count). The molecule has 0 amide bonds. The van der Waals surface area contributed by atoms with E-state index in [0.29, 0.717) is 11.5 Å². The fourth-order valence-electron chi connectivity index (χ4n) is 1.28. The molecule has 82 valence electrons. The molecule has 1 heterocycles. The van der Waals surface area contributed by atoms with Crippen LogP contribution in [0.4, 0.5) is 0 Å². The number of carbonyl (C=O) groups excluding carboxylic acids is 1. The second-order valence-corrected chi connectivity index (χ2v) is 3.43. The highest BCUT2D eigenvalue weighted by atomic mass is 35.5. The van der Waals surface area contributed by atoms with Crippen LogP contribution >= 0.6 is 11.6 Å². The van der Waals surface area contributed by atoms with Crippen molar-refractivity contribution in [3.05, 3.63) is 36.0 Å². The van der Waals surface area contributed by atoms with Crippen molar-refractivity contribution in [1.29, 1.82) is 0 Å². The Balaban J connectivity index is 2.38. The summed E-state index contributed by atoms with van der Waals surface area (Å²) in [4.78, 5) is 10.8. The van der Waals surface area contributed by atoms with Gasteiger partial charge in [0.1, 0.15) is 5.75 Å². The highest BCUT2D eigenvalue weighted by molar-refractivity contribution is 6.67. The summed E-state index contributed by atoms with van der Waals surface area (Å²) < 4.78 is 10.1. The maximum Gasteiger partial charge on any atom is 0.274 e. The topological polar surface area (TPSA) is 52.3 Å². The maximum absolute atomic E-state index is 10.8. The van der Waals surface area contributed by atoms with Gasteiger partial charge in [0.05, 0.1) is 7.11 Å². The minimum atomic E-state index is -0.641.